The van der Waals surface area contributed by atoms with E-state index in [1.807, 2.05) is 4.90 Å². The summed E-state index contributed by atoms with van der Waals surface area (Å²) in [5, 5.41) is 29.6. The highest BCUT2D eigenvalue weighted by Crippen LogP contribution is 2.29. The Hall–Kier alpha value is -4.24. The van der Waals surface area contributed by atoms with E-state index >= 15 is 0 Å². The summed E-state index contributed by atoms with van der Waals surface area (Å²) >= 11 is 0. The zero-order chi connectivity index (χ0) is 29.9. The third-order valence-corrected chi connectivity index (χ3v) is 7.64. The zero-order valence-electron chi connectivity index (χ0n) is 23.0. The first-order chi connectivity index (χ1) is 20.1. The first kappa shape index (κ1) is 29.3. The number of likely N-dealkylation sites (tertiary alicyclic amines) is 1. The van der Waals surface area contributed by atoms with Crippen molar-refractivity contribution in [2.45, 2.75) is 63.8 Å². The van der Waals surface area contributed by atoms with Gasteiger partial charge in [-0.2, -0.15) is 0 Å². The van der Waals surface area contributed by atoms with E-state index in [0.717, 1.165) is 12.1 Å². The quantitative estimate of drug-likeness (QED) is 0.319. The highest BCUT2D eigenvalue weighted by molar-refractivity contribution is 5.97. The molecule has 0 unspecified atom stereocenters. The van der Waals surface area contributed by atoms with E-state index in [4.69, 9.17) is 9.63 Å². The molecule has 4 N–H and O–H groups in total. The van der Waals surface area contributed by atoms with Gasteiger partial charge in [-0.3, -0.25) is 19.3 Å². The molecule has 15 heteroatoms. The third-order valence-electron chi connectivity index (χ3n) is 7.64. The predicted octanol–water partition coefficient (Wildman–Crippen LogP) is 0.357. The van der Waals surface area contributed by atoms with Gasteiger partial charge in [-0.15, -0.1) is 5.10 Å². The van der Waals surface area contributed by atoms with Crippen molar-refractivity contribution >= 4 is 17.7 Å². The number of hydrogen-bond donors (Lipinski definition) is 4. The van der Waals surface area contributed by atoms with Crippen LogP contribution in [0.2, 0.25) is 0 Å². The number of nitrogens with one attached hydrogen (secondary N) is 3. The van der Waals surface area contributed by atoms with Crippen molar-refractivity contribution in [3.05, 3.63) is 64.3 Å². The molecule has 2 aromatic heterocycles. The molecule has 1 saturated heterocycles. The molecule has 13 nitrogen and oxygen atoms in total. The number of nitrogens with zero attached hydrogens (tertiary/aromatic N) is 5. The Labute approximate surface area is 239 Å². The van der Waals surface area contributed by atoms with E-state index in [2.05, 4.69) is 31.4 Å². The number of aryl methyl sites for hydroxylation is 1. The molecule has 224 valence electrons. The van der Waals surface area contributed by atoms with E-state index in [1.165, 1.54) is 10.7 Å². The molecule has 3 amide bonds. The zero-order valence-corrected chi connectivity index (χ0v) is 23.0. The number of benzene rings is 1. The largest absolute Gasteiger partial charge is 0.394 e. The van der Waals surface area contributed by atoms with E-state index < -0.39 is 40.9 Å². The van der Waals surface area contributed by atoms with Crippen LogP contribution in [-0.2, 0) is 35.6 Å². The maximum absolute atomic E-state index is 13.7. The smallest absolute Gasteiger partial charge is 0.257 e. The predicted molar refractivity (Wildman–Crippen MR) is 142 cm³/mol. The highest BCUT2D eigenvalue weighted by Gasteiger charge is 2.40. The Morgan fingerprint density at radius 3 is 2.69 bits per heavy atom. The second-order valence-electron chi connectivity index (χ2n) is 10.7. The number of aliphatic hydroxyl groups excluding tert-OH is 1. The summed E-state index contributed by atoms with van der Waals surface area (Å²) in [5.74, 6) is -3.05. The van der Waals surface area contributed by atoms with Crippen LogP contribution in [0.5, 0.6) is 0 Å². The monoisotopic (exact) mass is 586 g/mol. The normalized spacial score (nSPS) is 19.8. The molecule has 5 rings (SSSR count). The van der Waals surface area contributed by atoms with Crippen LogP contribution in [0, 0.1) is 18.6 Å². The Balaban J connectivity index is 1.37. The number of carbonyl (C=O) groups is 3. The van der Waals surface area contributed by atoms with Crippen molar-refractivity contribution in [2.24, 2.45) is 0 Å². The summed E-state index contributed by atoms with van der Waals surface area (Å²) in [6, 6.07) is 2.78. The Bertz CT molecular complexity index is 1470. The van der Waals surface area contributed by atoms with Crippen LogP contribution in [0.1, 0.15) is 52.3 Å². The van der Waals surface area contributed by atoms with Crippen molar-refractivity contribution in [1.82, 2.24) is 41.0 Å². The van der Waals surface area contributed by atoms with Gasteiger partial charge in [0.1, 0.15) is 11.6 Å². The van der Waals surface area contributed by atoms with Crippen LogP contribution < -0.4 is 16.0 Å². The van der Waals surface area contributed by atoms with E-state index in [1.54, 1.807) is 13.1 Å². The molecule has 2 aliphatic heterocycles. The second-order valence-corrected chi connectivity index (χ2v) is 10.7. The third kappa shape index (κ3) is 6.62. The summed E-state index contributed by atoms with van der Waals surface area (Å²) in [5.41, 5.74) is 0.655. The van der Waals surface area contributed by atoms with Gasteiger partial charge in [-0.05, 0) is 37.5 Å². The minimum atomic E-state index is -0.995. The van der Waals surface area contributed by atoms with Gasteiger partial charge in [0.25, 0.3) is 5.91 Å². The average molecular weight is 587 g/mol. The van der Waals surface area contributed by atoms with Gasteiger partial charge in [0.15, 0.2) is 17.4 Å². The van der Waals surface area contributed by atoms with Crippen molar-refractivity contribution in [2.75, 3.05) is 19.7 Å². The van der Waals surface area contributed by atoms with Crippen molar-refractivity contribution in [3.63, 3.8) is 0 Å². The van der Waals surface area contributed by atoms with Crippen LogP contribution >= 0.6 is 0 Å². The molecule has 1 spiro atoms. The van der Waals surface area contributed by atoms with E-state index in [9.17, 15) is 23.2 Å². The average Bonchev–Trinajstić information content (AvgIpc) is 3.55. The Kier molecular flexibility index (Phi) is 8.59. The Morgan fingerprint density at radius 1 is 1.17 bits per heavy atom. The fourth-order valence-electron chi connectivity index (χ4n) is 5.42. The van der Waals surface area contributed by atoms with Gasteiger partial charge in [0.05, 0.1) is 36.6 Å². The van der Waals surface area contributed by atoms with Crippen LogP contribution in [0.3, 0.4) is 0 Å². The first-order valence-corrected chi connectivity index (χ1v) is 13.7. The van der Waals surface area contributed by atoms with Crippen LogP contribution in [0.15, 0.2) is 28.9 Å². The summed E-state index contributed by atoms with van der Waals surface area (Å²) in [6.45, 7) is 2.92. The number of piperidine rings is 1. The molecule has 0 bridgehead atoms. The summed E-state index contributed by atoms with van der Waals surface area (Å²) in [6.07, 6.45) is 2.32. The lowest BCUT2D eigenvalue weighted by Crippen LogP contribution is -2.58. The summed E-state index contributed by atoms with van der Waals surface area (Å²) in [7, 11) is 0. The molecular weight excluding hydrogens is 554 g/mol. The molecule has 4 heterocycles. The standard InChI is InChI=1S/C27H32F2N8O5/c1-16-24-22(42-34-16)13-30-25(40)21(11-18-15-37(8-9-38)35-33-18)31-23(39)12-27(32-26(24)41)4-6-36(7-5-27)14-17-2-3-19(28)20(29)10-17/h2-3,10,15,21,38H,4-9,11-14H2,1H3,(H,30,40)(H,31,39)(H,32,41)/t21-/m1/s1. The van der Waals surface area contributed by atoms with Crippen LogP contribution in [0.4, 0.5) is 8.78 Å². The maximum atomic E-state index is 13.7. The number of carbonyl (C=O) groups excluding carboxylic acids is 3. The number of aliphatic hydroxyl groups is 1. The first-order valence-electron chi connectivity index (χ1n) is 13.7. The molecule has 1 aromatic carbocycles. The molecule has 0 aliphatic carbocycles. The lowest BCUT2D eigenvalue weighted by Gasteiger charge is -2.42. The molecule has 2 aliphatic rings. The topological polar surface area (TPSA) is 168 Å². The maximum Gasteiger partial charge on any atom is 0.257 e. The van der Waals surface area contributed by atoms with E-state index in [-0.39, 0.29) is 43.9 Å². The van der Waals surface area contributed by atoms with Crippen molar-refractivity contribution in [3.8, 4) is 0 Å². The van der Waals surface area contributed by atoms with Gasteiger partial charge in [-0.25, -0.2) is 13.5 Å². The number of hydrogen-bond acceptors (Lipinski definition) is 9. The lowest BCUT2D eigenvalue weighted by molar-refractivity contribution is -0.130. The van der Waals surface area contributed by atoms with Gasteiger partial charge < -0.3 is 25.6 Å². The van der Waals surface area contributed by atoms with Gasteiger partial charge in [-0.1, -0.05) is 16.4 Å². The van der Waals surface area contributed by atoms with Crippen LogP contribution in [-0.4, -0.2) is 79.2 Å². The fourth-order valence-corrected chi connectivity index (χ4v) is 5.42. The van der Waals surface area contributed by atoms with Crippen molar-refractivity contribution in [1.29, 1.82) is 0 Å². The van der Waals surface area contributed by atoms with Crippen LogP contribution in [0.25, 0.3) is 0 Å². The summed E-state index contributed by atoms with van der Waals surface area (Å²) in [4.78, 5) is 42.1. The number of halogens is 2. The summed E-state index contributed by atoms with van der Waals surface area (Å²) < 4.78 is 33.9. The Morgan fingerprint density at radius 2 is 1.95 bits per heavy atom. The number of rotatable bonds is 6. The van der Waals surface area contributed by atoms with Gasteiger partial charge in [0, 0.05) is 38.7 Å². The number of amides is 3. The molecule has 0 radical (unpaired) electrons. The highest BCUT2D eigenvalue weighted by atomic mass is 19.2. The number of aromatic nitrogens is 4. The molecular formula is C27H32F2N8O5. The molecule has 42 heavy (non-hydrogen) atoms. The molecule has 0 saturated carbocycles. The minimum absolute atomic E-state index is 0.0483. The second kappa shape index (κ2) is 12.3. The van der Waals surface area contributed by atoms with Crippen molar-refractivity contribution < 1.29 is 32.8 Å². The SMILES string of the molecule is Cc1noc2c1C(=O)NC1(CCN(Cc3ccc(F)c(F)c3)CC1)CC(=O)N[C@H](Cc1cn(CCO)nn1)C(=O)NC2. The van der Waals surface area contributed by atoms with E-state index in [0.29, 0.717) is 49.4 Å². The molecule has 3 aromatic rings. The minimum Gasteiger partial charge on any atom is -0.394 e. The molecule has 1 atom stereocenters. The fraction of sp³-hybridized carbons (Fsp3) is 0.481. The molecule has 1 fully saturated rings. The van der Waals surface area contributed by atoms with Gasteiger partial charge in [0.2, 0.25) is 11.8 Å². The number of fused-ring (bicyclic) bond motifs is 1. The lowest BCUT2D eigenvalue weighted by atomic mass is 9.83. The van der Waals surface area contributed by atoms with Gasteiger partial charge >= 0.3 is 0 Å².